The molecule has 1 aliphatic heterocycles. The molecule has 0 spiro atoms. The molecule has 2 rings (SSSR count). The van der Waals surface area contributed by atoms with Gasteiger partial charge in [-0.3, -0.25) is 9.69 Å². The second-order valence-electron chi connectivity index (χ2n) is 4.04. The molecule has 0 bridgehead atoms. The molecule has 88 valence electrons. The fourth-order valence-electron chi connectivity index (χ4n) is 1.92. The molecule has 1 aromatic rings. The van der Waals surface area contributed by atoms with Crippen LogP contribution in [0.5, 0.6) is 0 Å². The number of carbonyl (C=O) groups is 1. The third-order valence-corrected chi connectivity index (χ3v) is 2.83. The molecule has 1 aromatic heterocycles. The Balaban J connectivity index is 2.10. The molecule has 0 saturated carbocycles. The molecular weight excluding hydrogens is 210 g/mol. The highest BCUT2D eigenvalue weighted by Gasteiger charge is 2.33. The lowest BCUT2D eigenvalue weighted by Gasteiger charge is -2.37. The number of nitrogens with zero attached hydrogens (tertiary/aromatic N) is 1. The molecule has 0 radical (unpaired) electrons. The van der Waals surface area contributed by atoms with E-state index in [4.69, 9.17) is 14.3 Å². The van der Waals surface area contributed by atoms with E-state index in [9.17, 15) is 4.79 Å². The number of carboxylic acids is 1. The molecule has 0 unspecified atom stereocenters. The van der Waals surface area contributed by atoms with Crippen molar-refractivity contribution in [1.82, 2.24) is 4.90 Å². The molecule has 2 heterocycles. The number of furan rings is 1. The van der Waals surface area contributed by atoms with Crippen molar-refractivity contribution in [2.75, 3.05) is 13.2 Å². The van der Waals surface area contributed by atoms with Crippen LogP contribution in [0.3, 0.4) is 0 Å². The van der Waals surface area contributed by atoms with E-state index in [0.717, 1.165) is 5.56 Å². The maximum absolute atomic E-state index is 11.1. The van der Waals surface area contributed by atoms with Crippen molar-refractivity contribution >= 4 is 5.97 Å². The van der Waals surface area contributed by atoms with Gasteiger partial charge in [0.05, 0.1) is 25.7 Å². The van der Waals surface area contributed by atoms with Gasteiger partial charge in [0.2, 0.25) is 0 Å². The van der Waals surface area contributed by atoms with Crippen LogP contribution in [-0.4, -0.2) is 41.3 Å². The first-order valence-electron chi connectivity index (χ1n) is 5.26. The summed E-state index contributed by atoms with van der Waals surface area (Å²) in [6, 6.07) is 1.38. The van der Waals surface area contributed by atoms with Crippen LogP contribution in [0.1, 0.15) is 12.5 Å². The summed E-state index contributed by atoms with van der Waals surface area (Å²) in [5, 5.41) is 9.11. The van der Waals surface area contributed by atoms with Crippen LogP contribution in [0.4, 0.5) is 0 Å². The molecule has 16 heavy (non-hydrogen) atoms. The number of morpholine rings is 1. The van der Waals surface area contributed by atoms with Gasteiger partial charge in [-0.25, -0.2) is 0 Å². The molecule has 1 fully saturated rings. The van der Waals surface area contributed by atoms with Crippen LogP contribution < -0.4 is 0 Å². The normalized spacial score (nSPS) is 26.8. The van der Waals surface area contributed by atoms with Crippen molar-refractivity contribution in [2.45, 2.75) is 25.6 Å². The maximum Gasteiger partial charge on any atom is 0.323 e. The summed E-state index contributed by atoms with van der Waals surface area (Å²) in [7, 11) is 0. The van der Waals surface area contributed by atoms with Gasteiger partial charge in [-0.2, -0.15) is 0 Å². The van der Waals surface area contributed by atoms with Crippen molar-refractivity contribution in [1.29, 1.82) is 0 Å². The Morgan fingerprint density at radius 2 is 2.44 bits per heavy atom. The molecule has 1 saturated heterocycles. The third kappa shape index (κ3) is 2.25. The summed E-state index contributed by atoms with van der Waals surface area (Å²) in [6.07, 6.45) is 3.23. The van der Waals surface area contributed by atoms with Crippen molar-refractivity contribution in [3.63, 3.8) is 0 Å². The number of hydrogen-bond acceptors (Lipinski definition) is 4. The minimum absolute atomic E-state index is 0.102. The van der Waals surface area contributed by atoms with Gasteiger partial charge in [0.15, 0.2) is 0 Å². The van der Waals surface area contributed by atoms with E-state index >= 15 is 0 Å². The predicted molar refractivity (Wildman–Crippen MR) is 56.0 cm³/mol. The lowest BCUT2D eigenvalue weighted by atomic mass is 10.1. The number of hydrogen-bond donors (Lipinski definition) is 1. The Hall–Kier alpha value is -1.33. The van der Waals surface area contributed by atoms with E-state index < -0.39 is 12.0 Å². The van der Waals surface area contributed by atoms with Crippen LogP contribution in [-0.2, 0) is 16.1 Å². The maximum atomic E-state index is 11.1. The van der Waals surface area contributed by atoms with Gasteiger partial charge in [-0.1, -0.05) is 0 Å². The Morgan fingerprint density at radius 1 is 1.62 bits per heavy atom. The minimum atomic E-state index is -0.838. The molecule has 5 nitrogen and oxygen atoms in total. The smallest absolute Gasteiger partial charge is 0.323 e. The van der Waals surface area contributed by atoms with Gasteiger partial charge in [0, 0.05) is 18.2 Å². The molecule has 0 aromatic carbocycles. The SMILES string of the molecule is C[C@@H]1COC[C@H](C(=O)O)N1Cc1ccoc1. The summed E-state index contributed by atoms with van der Waals surface area (Å²) in [5.74, 6) is -0.838. The summed E-state index contributed by atoms with van der Waals surface area (Å²) in [5.41, 5.74) is 0.986. The van der Waals surface area contributed by atoms with Crippen LogP contribution in [0.15, 0.2) is 23.0 Å². The number of aliphatic carboxylic acids is 1. The number of ether oxygens (including phenoxy) is 1. The highest BCUT2D eigenvalue weighted by Crippen LogP contribution is 2.17. The Bertz CT molecular complexity index is 349. The zero-order valence-electron chi connectivity index (χ0n) is 9.13. The van der Waals surface area contributed by atoms with E-state index in [-0.39, 0.29) is 12.6 Å². The van der Waals surface area contributed by atoms with E-state index in [0.29, 0.717) is 13.2 Å². The molecule has 0 aliphatic carbocycles. The fourth-order valence-corrected chi connectivity index (χ4v) is 1.92. The molecule has 1 aliphatic rings. The average Bonchev–Trinajstić information content (AvgIpc) is 2.73. The van der Waals surface area contributed by atoms with E-state index in [1.54, 1.807) is 12.5 Å². The third-order valence-electron chi connectivity index (χ3n) is 2.83. The summed E-state index contributed by atoms with van der Waals surface area (Å²) >= 11 is 0. The minimum Gasteiger partial charge on any atom is -0.480 e. The molecule has 1 N–H and O–H groups in total. The van der Waals surface area contributed by atoms with Crippen LogP contribution >= 0.6 is 0 Å². The van der Waals surface area contributed by atoms with Crippen molar-refractivity contribution in [3.05, 3.63) is 24.2 Å². The Kier molecular flexibility index (Phi) is 3.26. The topological polar surface area (TPSA) is 62.9 Å². The van der Waals surface area contributed by atoms with E-state index in [1.807, 2.05) is 17.9 Å². The highest BCUT2D eigenvalue weighted by molar-refractivity contribution is 5.73. The zero-order valence-corrected chi connectivity index (χ0v) is 9.13. The van der Waals surface area contributed by atoms with Gasteiger partial charge < -0.3 is 14.3 Å². The molecular formula is C11H15NO4. The van der Waals surface area contributed by atoms with Crippen LogP contribution in [0.25, 0.3) is 0 Å². The number of rotatable bonds is 3. The van der Waals surface area contributed by atoms with Gasteiger partial charge in [-0.15, -0.1) is 0 Å². The first-order valence-corrected chi connectivity index (χ1v) is 5.26. The second kappa shape index (κ2) is 4.67. The average molecular weight is 225 g/mol. The first-order chi connectivity index (χ1) is 7.68. The van der Waals surface area contributed by atoms with Gasteiger partial charge >= 0.3 is 5.97 Å². The quantitative estimate of drug-likeness (QED) is 0.829. The molecule has 2 atom stereocenters. The Morgan fingerprint density at radius 3 is 3.06 bits per heavy atom. The monoisotopic (exact) mass is 225 g/mol. The summed E-state index contributed by atoms with van der Waals surface area (Å²) in [6.45, 7) is 3.37. The zero-order chi connectivity index (χ0) is 11.5. The fraction of sp³-hybridized carbons (Fsp3) is 0.545. The molecule has 0 amide bonds. The standard InChI is InChI=1S/C11H15NO4/c1-8-5-16-7-10(11(13)14)12(8)4-9-2-3-15-6-9/h2-3,6,8,10H,4-5,7H2,1H3,(H,13,14)/t8-,10-/m1/s1. The van der Waals surface area contributed by atoms with E-state index in [1.165, 1.54) is 0 Å². The summed E-state index contributed by atoms with van der Waals surface area (Å²) in [4.78, 5) is 13.0. The van der Waals surface area contributed by atoms with E-state index in [2.05, 4.69) is 0 Å². The van der Waals surface area contributed by atoms with Gasteiger partial charge in [-0.05, 0) is 13.0 Å². The largest absolute Gasteiger partial charge is 0.480 e. The lowest BCUT2D eigenvalue weighted by Crippen LogP contribution is -2.53. The first kappa shape index (κ1) is 11.2. The molecule has 5 heteroatoms. The Labute approximate surface area is 93.6 Å². The van der Waals surface area contributed by atoms with Gasteiger partial charge in [0.25, 0.3) is 0 Å². The van der Waals surface area contributed by atoms with Crippen molar-refractivity contribution in [3.8, 4) is 0 Å². The number of carboxylic acid groups (broad SMARTS) is 1. The van der Waals surface area contributed by atoms with Crippen LogP contribution in [0, 0.1) is 0 Å². The van der Waals surface area contributed by atoms with Crippen LogP contribution in [0.2, 0.25) is 0 Å². The predicted octanol–water partition coefficient (Wildman–Crippen LogP) is 0.953. The van der Waals surface area contributed by atoms with Gasteiger partial charge in [0.1, 0.15) is 6.04 Å². The van der Waals surface area contributed by atoms with Crippen molar-refractivity contribution < 1.29 is 19.1 Å². The highest BCUT2D eigenvalue weighted by atomic mass is 16.5. The lowest BCUT2D eigenvalue weighted by molar-refractivity contribution is -0.153. The van der Waals surface area contributed by atoms with Crippen molar-refractivity contribution in [2.24, 2.45) is 0 Å². The second-order valence-corrected chi connectivity index (χ2v) is 4.04. The summed E-state index contributed by atoms with van der Waals surface area (Å²) < 4.78 is 10.2.